The van der Waals surface area contributed by atoms with Gasteiger partial charge in [0.15, 0.2) is 9.84 Å². The van der Waals surface area contributed by atoms with Crippen LogP contribution in [0.1, 0.15) is 23.2 Å². The average molecular weight is 435 g/mol. The number of sulfone groups is 1. The van der Waals surface area contributed by atoms with Gasteiger partial charge in [0.2, 0.25) is 5.91 Å². The standard InChI is InChI=1S/C19H26N6O4S/c1-20-8-2-3-17(19(27)24-11-13-30(28,29)14-12-24)22-18(26)15-4-6-16(7-5-15)25-10-9-21-23-25/h4-7,9-10,17,20H,2-3,8,11-14H2,1H3,(H,22,26)/t17-/m0/s1. The fourth-order valence-electron chi connectivity index (χ4n) is 3.25. The Bertz CT molecular complexity index is 945. The smallest absolute Gasteiger partial charge is 0.251 e. The summed E-state index contributed by atoms with van der Waals surface area (Å²) in [6.07, 6.45) is 4.43. The van der Waals surface area contributed by atoms with Crippen molar-refractivity contribution >= 4 is 21.7 Å². The number of benzene rings is 1. The van der Waals surface area contributed by atoms with Gasteiger partial charge in [-0.05, 0) is 50.7 Å². The van der Waals surface area contributed by atoms with E-state index in [2.05, 4.69) is 20.9 Å². The van der Waals surface area contributed by atoms with Crippen LogP contribution in [0.15, 0.2) is 36.7 Å². The van der Waals surface area contributed by atoms with Gasteiger partial charge < -0.3 is 15.5 Å². The van der Waals surface area contributed by atoms with Gasteiger partial charge in [0.1, 0.15) is 6.04 Å². The van der Waals surface area contributed by atoms with Crippen LogP contribution in [0.5, 0.6) is 0 Å². The first-order chi connectivity index (χ1) is 14.4. The van der Waals surface area contributed by atoms with E-state index >= 15 is 0 Å². The van der Waals surface area contributed by atoms with Crippen molar-refractivity contribution < 1.29 is 18.0 Å². The quantitative estimate of drug-likeness (QED) is 0.543. The second-order valence-corrected chi connectivity index (χ2v) is 9.45. The van der Waals surface area contributed by atoms with Crippen molar-refractivity contribution in [2.45, 2.75) is 18.9 Å². The summed E-state index contributed by atoms with van der Waals surface area (Å²) in [6, 6.07) is 6.11. The fourth-order valence-corrected chi connectivity index (χ4v) is 4.45. The molecule has 0 radical (unpaired) electrons. The highest BCUT2D eigenvalue weighted by Crippen LogP contribution is 2.12. The minimum atomic E-state index is -3.09. The molecular weight excluding hydrogens is 408 g/mol. The maximum Gasteiger partial charge on any atom is 0.251 e. The van der Waals surface area contributed by atoms with E-state index < -0.39 is 15.9 Å². The van der Waals surface area contributed by atoms with E-state index in [9.17, 15) is 18.0 Å². The first-order valence-electron chi connectivity index (χ1n) is 9.81. The molecule has 2 amide bonds. The van der Waals surface area contributed by atoms with Gasteiger partial charge in [-0.2, -0.15) is 0 Å². The Labute approximate surface area is 175 Å². The molecule has 11 heteroatoms. The number of aromatic nitrogens is 3. The molecule has 0 spiro atoms. The van der Waals surface area contributed by atoms with Crippen molar-refractivity contribution in [2.75, 3.05) is 38.2 Å². The highest BCUT2D eigenvalue weighted by molar-refractivity contribution is 7.91. The molecule has 0 unspecified atom stereocenters. The first-order valence-corrected chi connectivity index (χ1v) is 11.6. The van der Waals surface area contributed by atoms with Gasteiger partial charge in [-0.3, -0.25) is 9.59 Å². The van der Waals surface area contributed by atoms with Crippen molar-refractivity contribution in [1.29, 1.82) is 0 Å². The van der Waals surface area contributed by atoms with E-state index in [1.54, 1.807) is 41.3 Å². The number of carbonyl (C=O) groups excluding carboxylic acids is 2. The zero-order chi connectivity index (χ0) is 21.6. The number of nitrogens with one attached hydrogen (secondary N) is 2. The normalized spacial score (nSPS) is 16.8. The summed E-state index contributed by atoms with van der Waals surface area (Å²) in [7, 11) is -1.27. The van der Waals surface area contributed by atoms with Gasteiger partial charge in [-0.15, -0.1) is 5.10 Å². The third-order valence-electron chi connectivity index (χ3n) is 5.00. The molecule has 1 fully saturated rings. The molecular formula is C19H26N6O4S. The van der Waals surface area contributed by atoms with Gasteiger partial charge in [-0.1, -0.05) is 5.21 Å². The van der Waals surface area contributed by atoms with Crippen molar-refractivity contribution in [3.8, 4) is 5.69 Å². The van der Waals surface area contributed by atoms with Crippen molar-refractivity contribution in [1.82, 2.24) is 30.5 Å². The monoisotopic (exact) mass is 434 g/mol. The van der Waals surface area contributed by atoms with Crippen LogP contribution in [0.3, 0.4) is 0 Å². The van der Waals surface area contributed by atoms with E-state index in [-0.39, 0.29) is 36.4 Å². The SMILES string of the molecule is CNCCC[C@H](NC(=O)c1ccc(-n2ccnn2)cc1)C(=O)N1CCS(=O)(=O)CC1. The van der Waals surface area contributed by atoms with E-state index in [1.807, 2.05) is 7.05 Å². The van der Waals surface area contributed by atoms with Crippen LogP contribution in [0, 0.1) is 0 Å². The minimum absolute atomic E-state index is 0.0420. The van der Waals surface area contributed by atoms with E-state index in [0.717, 1.165) is 5.69 Å². The first kappa shape index (κ1) is 21.9. The molecule has 0 bridgehead atoms. The number of hydrogen-bond acceptors (Lipinski definition) is 7. The van der Waals surface area contributed by atoms with Crippen molar-refractivity contribution in [3.05, 3.63) is 42.2 Å². The number of carbonyl (C=O) groups is 2. The lowest BCUT2D eigenvalue weighted by Crippen LogP contribution is -2.53. The minimum Gasteiger partial charge on any atom is -0.340 e. The molecule has 0 aliphatic carbocycles. The summed E-state index contributed by atoms with van der Waals surface area (Å²) >= 11 is 0. The van der Waals surface area contributed by atoms with E-state index in [0.29, 0.717) is 24.9 Å². The van der Waals surface area contributed by atoms with Crippen molar-refractivity contribution in [3.63, 3.8) is 0 Å². The topological polar surface area (TPSA) is 126 Å². The van der Waals surface area contributed by atoms with E-state index in [1.165, 1.54) is 4.90 Å². The molecule has 2 aromatic rings. The Hall–Kier alpha value is -2.79. The summed E-state index contributed by atoms with van der Waals surface area (Å²) in [5, 5.41) is 13.5. The Balaban J connectivity index is 1.67. The van der Waals surface area contributed by atoms with Crippen LogP contribution < -0.4 is 10.6 Å². The predicted octanol–water partition coefficient (Wildman–Crippen LogP) is -0.378. The second kappa shape index (κ2) is 9.81. The Morgan fingerprint density at radius 2 is 1.87 bits per heavy atom. The van der Waals surface area contributed by atoms with Crippen molar-refractivity contribution in [2.24, 2.45) is 0 Å². The fraction of sp³-hybridized carbons (Fsp3) is 0.474. The molecule has 1 aliphatic rings. The van der Waals surface area contributed by atoms with Gasteiger partial charge >= 0.3 is 0 Å². The van der Waals surface area contributed by atoms with E-state index in [4.69, 9.17) is 0 Å². The van der Waals surface area contributed by atoms with Gasteiger partial charge in [-0.25, -0.2) is 13.1 Å². The summed E-state index contributed by atoms with van der Waals surface area (Å²) < 4.78 is 24.9. The largest absolute Gasteiger partial charge is 0.340 e. The molecule has 30 heavy (non-hydrogen) atoms. The molecule has 162 valence electrons. The Morgan fingerprint density at radius 1 is 1.17 bits per heavy atom. The predicted molar refractivity (Wildman–Crippen MR) is 111 cm³/mol. The Kier molecular flexibility index (Phi) is 7.16. The molecule has 1 aromatic heterocycles. The lowest BCUT2D eigenvalue weighted by atomic mass is 10.1. The molecule has 1 aliphatic heterocycles. The summed E-state index contributed by atoms with van der Waals surface area (Å²) in [5.74, 6) is -0.680. The molecule has 1 aromatic carbocycles. The number of rotatable bonds is 8. The molecule has 2 N–H and O–H groups in total. The number of amides is 2. The highest BCUT2D eigenvalue weighted by atomic mass is 32.2. The number of hydrogen-bond donors (Lipinski definition) is 2. The van der Waals surface area contributed by atoms with Gasteiger partial charge in [0.05, 0.1) is 29.6 Å². The second-order valence-electron chi connectivity index (χ2n) is 7.14. The zero-order valence-electron chi connectivity index (χ0n) is 16.8. The van der Waals surface area contributed by atoms with Crippen LogP contribution in [-0.4, -0.2) is 84.4 Å². The van der Waals surface area contributed by atoms with Gasteiger partial charge in [0, 0.05) is 18.7 Å². The summed E-state index contributed by atoms with van der Waals surface area (Å²) in [4.78, 5) is 27.2. The lowest BCUT2D eigenvalue weighted by Gasteiger charge is -2.30. The third-order valence-corrected chi connectivity index (χ3v) is 6.60. The highest BCUT2D eigenvalue weighted by Gasteiger charge is 2.30. The van der Waals surface area contributed by atoms with Crippen LogP contribution >= 0.6 is 0 Å². The maximum absolute atomic E-state index is 13.0. The Morgan fingerprint density at radius 3 is 2.47 bits per heavy atom. The molecule has 1 saturated heterocycles. The number of nitrogens with zero attached hydrogens (tertiary/aromatic N) is 4. The molecule has 10 nitrogen and oxygen atoms in total. The maximum atomic E-state index is 13.0. The molecule has 2 heterocycles. The zero-order valence-corrected chi connectivity index (χ0v) is 17.6. The molecule has 3 rings (SSSR count). The molecule has 1 atom stereocenters. The van der Waals surface area contributed by atoms with Crippen LogP contribution in [-0.2, 0) is 14.6 Å². The summed E-state index contributed by atoms with van der Waals surface area (Å²) in [6.45, 7) is 1.03. The van der Waals surface area contributed by atoms with Crippen LogP contribution in [0.4, 0.5) is 0 Å². The van der Waals surface area contributed by atoms with Crippen LogP contribution in [0.25, 0.3) is 5.69 Å². The summed E-state index contributed by atoms with van der Waals surface area (Å²) in [5.41, 5.74) is 1.19. The molecule has 0 saturated carbocycles. The third kappa shape index (κ3) is 5.63. The van der Waals surface area contributed by atoms with Gasteiger partial charge in [0.25, 0.3) is 5.91 Å². The average Bonchev–Trinajstić information content (AvgIpc) is 3.27. The van der Waals surface area contributed by atoms with Crippen LogP contribution in [0.2, 0.25) is 0 Å². The lowest BCUT2D eigenvalue weighted by molar-refractivity contribution is -0.133.